The molecular weight excluding hydrogens is 304 g/mol. The molecule has 0 aromatic carbocycles. The largest absolute Gasteiger partial charge is 0.373 e. The second kappa shape index (κ2) is 7.13. The van der Waals surface area contributed by atoms with E-state index in [2.05, 4.69) is 15.4 Å². The highest BCUT2D eigenvalue weighted by Gasteiger charge is 2.33. The van der Waals surface area contributed by atoms with Crippen molar-refractivity contribution < 1.29 is 9.53 Å². The van der Waals surface area contributed by atoms with Crippen LogP contribution in [0.25, 0.3) is 0 Å². The maximum absolute atomic E-state index is 12.7. The highest BCUT2D eigenvalue weighted by molar-refractivity contribution is 5.79. The van der Waals surface area contributed by atoms with Gasteiger partial charge >= 0.3 is 0 Å². The highest BCUT2D eigenvalue weighted by atomic mass is 16.5. The van der Waals surface area contributed by atoms with Crippen LogP contribution in [0.3, 0.4) is 0 Å². The normalized spacial score (nSPS) is 20.8. The van der Waals surface area contributed by atoms with Gasteiger partial charge in [0.15, 0.2) is 0 Å². The van der Waals surface area contributed by atoms with E-state index in [0.29, 0.717) is 13.2 Å². The number of carbonyl (C=O) groups excluding carboxylic acids is 1. The average Bonchev–Trinajstić information content (AvgIpc) is 3.02. The molecule has 0 spiro atoms. The van der Waals surface area contributed by atoms with Gasteiger partial charge in [-0.2, -0.15) is 5.10 Å². The van der Waals surface area contributed by atoms with E-state index >= 15 is 0 Å². The van der Waals surface area contributed by atoms with Gasteiger partial charge in [-0.15, -0.1) is 0 Å². The molecule has 1 aliphatic heterocycles. The zero-order valence-corrected chi connectivity index (χ0v) is 14.5. The van der Waals surface area contributed by atoms with Crippen LogP contribution in [-0.2, 0) is 23.1 Å². The highest BCUT2D eigenvalue weighted by Crippen LogP contribution is 2.33. The third-order valence-electron chi connectivity index (χ3n) is 4.56. The van der Waals surface area contributed by atoms with Gasteiger partial charge in [-0.25, -0.2) is 0 Å². The van der Waals surface area contributed by atoms with Crippen molar-refractivity contribution in [3.8, 4) is 0 Å². The molecule has 1 saturated heterocycles. The minimum atomic E-state index is -0.222. The number of ether oxygens (including phenoxy) is 1. The number of nitrogens with zero attached hydrogens (tertiary/aromatic N) is 3. The van der Waals surface area contributed by atoms with Crippen LogP contribution in [0.1, 0.15) is 41.5 Å². The number of hydrogen-bond acceptors (Lipinski definition) is 4. The minimum Gasteiger partial charge on any atom is -0.373 e. The van der Waals surface area contributed by atoms with Gasteiger partial charge in [-0.05, 0) is 38.3 Å². The van der Waals surface area contributed by atoms with Crippen LogP contribution in [0, 0.1) is 19.8 Å². The van der Waals surface area contributed by atoms with Crippen LogP contribution in [0.15, 0.2) is 24.5 Å². The number of rotatable bonds is 4. The average molecular weight is 328 g/mol. The SMILES string of the molecule is Cc1ccc(CNC(=O)[C@@H]2CCCO[C@H]2c2cnn(C)c2)nc1C. The van der Waals surface area contributed by atoms with Crippen molar-refractivity contribution in [3.05, 3.63) is 47.0 Å². The summed E-state index contributed by atoms with van der Waals surface area (Å²) in [7, 11) is 1.87. The summed E-state index contributed by atoms with van der Waals surface area (Å²) in [5, 5.41) is 7.21. The molecule has 3 heterocycles. The van der Waals surface area contributed by atoms with Crippen molar-refractivity contribution in [1.29, 1.82) is 0 Å². The van der Waals surface area contributed by atoms with E-state index in [4.69, 9.17) is 4.74 Å². The fourth-order valence-electron chi connectivity index (χ4n) is 3.06. The molecule has 0 bridgehead atoms. The van der Waals surface area contributed by atoms with Crippen molar-refractivity contribution >= 4 is 5.91 Å². The number of pyridine rings is 1. The summed E-state index contributed by atoms with van der Waals surface area (Å²) < 4.78 is 7.61. The summed E-state index contributed by atoms with van der Waals surface area (Å²) in [4.78, 5) is 17.2. The van der Waals surface area contributed by atoms with Crippen LogP contribution < -0.4 is 5.32 Å². The molecule has 2 atom stereocenters. The molecule has 1 N–H and O–H groups in total. The summed E-state index contributed by atoms with van der Waals surface area (Å²) in [6.07, 6.45) is 5.20. The molecule has 3 rings (SSSR count). The number of nitrogens with one attached hydrogen (secondary N) is 1. The maximum Gasteiger partial charge on any atom is 0.226 e. The molecule has 0 unspecified atom stereocenters. The fraction of sp³-hybridized carbons (Fsp3) is 0.500. The van der Waals surface area contributed by atoms with Crippen LogP contribution >= 0.6 is 0 Å². The van der Waals surface area contributed by atoms with E-state index in [1.54, 1.807) is 10.9 Å². The molecule has 1 aliphatic rings. The van der Waals surface area contributed by atoms with Crippen LogP contribution in [0.2, 0.25) is 0 Å². The molecule has 2 aromatic rings. The molecule has 1 fully saturated rings. The van der Waals surface area contributed by atoms with Crippen molar-refractivity contribution in [2.45, 2.75) is 39.3 Å². The molecule has 128 valence electrons. The minimum absolute atomic E-state index is 0.0172. The fourth-order valence-corrected chi connectivity index (χ4v) is 3.06. The second-order valence-corrected chi connectivity index (χ2v) is 6.41. The smallest absolute Gasteiger partial charge is 0.226 e. The van der Waals surface area contributed by atoms with E-state index < -0.39 is 0 Å². The molecule has 0 radical (unpaired) electrons. The summed E-state index contributed by atoms with van der Waals surface area (Å²) >= 11 is 0. The van der Waals surface area contributed by atoms with Gasteiger partial charge in [0.05, 0.1) is 30.5 Å². The number of amides is 1. The van der Waals surface area contributed by atoms with Gasteiger partial charge in [-0.1, -0.05) is 6.07 Å². The molecule has 2 aromatic heterocycles. The van der Waals surface area contributed by atoms with Crippen molar-refractivity contribution in [3.63, 3.8) is 0 Å². The Morgan fingerprint density at radius 1 is 1.42 bits per heavy atom. The standard InChI is InChI=1S/C18H24N4O2/c1-12-6-7-15(21-13(12)2)10-19-18(23)16-5-4-8-24-17(16)14-9-20-22(3)11-14/h6-7,9,11,16-17H,4-5,8,10H2,1-3H3,(H,19,23)/t16-,17+/m1/s1. The third kappa shape index (κ3) is 3.64. The first kappa shape index (κ1) is 16.6. The molecule has 6 heteroatoms. The van der Waals surface area contributed by atoms with E-state index in [0.717, 1.165) is 35.4 Å². The number of aromatic nitrogens is 3. The lowest BCUT2D eigenvalue weighted by molar-refractivity contribution is -0.134. The van der Waals surface area contributed by atoms with Gasteiger partial charge in [0.2, 0.25) is 5.91 Å². The third-order valence-corrected chi connectivity index (χ3v) is 4.56. The van der Waals surface area contributed by atoms with Crippen molar-refractivity contribution in [2.75, 3.05) is 6.61 Å². The Labute approximate surface area is 142 Å². The first-order chi connectivity index (χ1) is 11.5. The quantitative estimate of drug-likeness (QED) is 0.934. The summed E-state index contributed by atoms with van der Waals surface area (Å²) in [6.45, 7) is 5.13. The van der Waals surface area contributed by atoms with Gasteiger partial charge in [0.1, 0.15) is 0 Å². The predicted molar refractivity (Wildman–Crippen MR) is 90.2 cm³/mol. The first-order valence-electron chi connectivity index (χ1n) is 8.35. The lowest BCUT2D eigenvalue weighted by Crippen LogP contribution is -2.37. The Hall–Kier alpha value is -2.21. The number of hydrogen-bond donors (Lipinski definition) is 1. The molecule has 1 amide bonds. The zero-order chi connectivity index (χ0) is 17.1. The molecule has 24 heavy (non-hydrogen) atoms. The van der Waals surface area contributed by atoms with E-state index in [1.807, 2.05) is 39.2 Å². The molecule has 0 saturated carbocycles. The molecule has 0 aliphatic carbocycles. The van der Waals surface area contributed by atoms with Gasteiger partial charge in [-0.3, -0.25) is 14.5 Å². The Morgan fingerprint density at radius 2 is 2.25 bits per heavy atom. The van der Waals surface area contributed by atoms with Gasteiger partial charge < -0.3 is 10.1 Å². The Bertz CT molecular complexity index is 726. The van der Waals surface area contributed by atoms with Crippen molar-refractivity contribution in [2.24, 2.45) is 13.0 Å². The maximum atomic E-state index is 12.7. The van der Waals surface area contributed by atoms with Crippen LogP contribution in [0.4, 0.5) is 0 Å². The summed E-state index contributed by atoms with van der Waals surface area (Å²) in [5.41, 5.74) is 3.99. The number of aryl methyl sites for hydroxylation is 3. The lowest BCUT2D eigenvalue weighted by Gasteiger charge is -2.30. The second-order valence-electron chi connectivity index (χ2n) is 6.41. The van der Waals surface area contributed by atoms with Crippen LogP contribution in [-0.4, -0.2) is 27.3 Å². The lowest BCUT2D eigenvalue weighted by atomic mass is 9.90. The molecular formula is C18H24N4O2. The predicted octanol–water partition coefficient (Wildman–Crippen LogP) is 2.22. The Kier molecular flexibility index (Phi) is 4.94. The zero-order valence-electron chi connectivity index (χ0n) is 14.5. The topological polar surface area (TPSA) is 69.0 Å². The summed E-state index contributed by atoms with van der Waals surface area (Å²) in [6, 6.07) is 3.99. The monoisotopic (exact) mass is 328 g/mol. The summed E-state index contributed by atoms with van der Waals surface area (Å²) in [5.74, 6) is -0.168. The van der Waals surface area contributed by atoms with E-state index in [9.17, 15) is 4.79 Å². The van der Waals surface area contributed by atoms with Gasteiger partial charge in [0.25, 0.3) is 0 Å². The van der Waals surface area contributed by atoms with E-state index in [-0.39, 0.29) is 17.9 Å². The number of carbonyl (C=O) groups is 1. The Balaban J connectivity index is 1.66. The van der Waals surface area contributed by atoms with Crippen LogP contribution in [0.5, 0.6) is 0 Å². The van der Waals surface area contributed by atoms with Crippen molar-refractivity contribution in [1.82, 2.24) is 20.1 Å². The molecule has 6 nitrogen and oxygen atoms in total. The Morgan fingerprint density at radius 3 is 2.96 bits per heavy atom. The first-order valence-corrected chi connectivity index (χ1v) is 8.35. The van der Waals surface area contributed by atoms with E-state index in [1.165, 1.54) is 0 Å². The van der Waals surface area contributed by atoms with Gasteiger partial charge in [0, 0.05) is 31.1 Å².